The number of carbonyl (C=O) groups is 2. The normalized spacial score (nSPS) is 10.4. The van der Waals surface area contributed by atoms with Gasteiger partial charge in [-0.15, -0.1) is 5.10 Å². The summed E-state index contributed by atoms with van der Waals surface area (Å²) in [6, 6.07) is 15.1. The summed E-state index contributed by atoms with van der Waals surface area (Å²) in [7, 11) is 0. The van der Waals surface area contributed by atoms with Gasteiger partial charge in [-0.25, -0.2) is 9.67 Å². The molecule has 0 aliphatic carbocycles. The number of rotatable bonds is 6. The Labute approximate surface area is 157 Å². The molecule has 2 aromatic carbocycles. The van der Waals surface area contributed by atoms with Gasteiger partial charge in [-0.1, -0.05) is 47.5 Å². The van der Waals surface area contributed by atoms with Crippen LogP contribution in [0.2, 0.25) is 0 Å². The van der Waals surface area contributed by atoms with Gasteiger partial charge >= 0.3 is 0 Å². The molecule has 27 heavy (non-hydrogen) atoms. The summed E-state index contributed by atoms with van der Waals surface area (Å²) in [5, 5.41) is 9.57. The maximum absolute atomic E-state index is 12.2. The molecule has 0 saturated heterocycles. The van der Waals surface area contributed by atoms with Gasteiger partial charge < -0.3 is 5.32 Å². The molecule has 138 valence electrons. The van der Waals surface area contributed by atoms with Gasteiger partial charge in [0.2, 0.25) is 11.9 Å². The van der Waals surface area contributed by atoms with Crippen molar-refractivity contribution in [3.05, 3.63) is 77.1 Å². The minimum atomic E-state index is -0.295. The van der Waals surface area contributed by atoms with Crippen LogP contribution in [-0.4, -0.2) is 26.6 Å². The zero-order chi connectivity index (χ0) is 19.2. The van der Waals surface area contributed by atoms with Gasteiger partial charge in [0, 0.05) is 12.1 Å². The molecule has 0 fully saturated rings. The second kappa shape index (κ2) is 8.27. The second-order valence-corrected chi connectivity index (χ2v) is 6.35. The number of nitrogens with zero attached hydrogens (tertiary/aromatic N) is 3. The molecule has 0 aliphatic rings. The average Bonchev–Trinajstić information content (AvgIpc) is 3.08. The lowest BCUT2D eigenvalue weighted by molar-refractivity contribution is -0.122. The molecular weight excluding hydrogens is 342 g/mol. The van der Waals surface area contributed by atoms with Gasteiger partial charge in [-0.05, 0) is 31.5 Å². The van der Waals surface area contributed by atoms with E-state index in [9.17, 15) is 9.59 Å². The van der Waals surface area contributed by atoms with Gasteiger partial charge in [0.1, 0.15) is 12.9 Å². The van der Waals surface area contributed by atoms with Gasteiger partial charge in [-0.2, -0.15) is 0 Å². The molecule has 3 aromatic rings. The highest BCUT2D eigenvalue weighted by Crippen LogP contribution is 2.06. The fourth-order valence-electron chi connectivity index (χ4n) is 2.42. The Morgan fingerprint density at radius 1 is 0.963 bits per heavy atom. The maximum atomic E-state index is 12.2. The van der Waals surface area contributed by atoms with Crippen molar-refractivity contribution in [2.24, 2.45) is 0 Å². The van der Waals surface area contributed by atoms with E-state index in [0.717, 1.165) is 11.1 Å². The Balaban J connectivity index is 1.51. The summed E-state index contributed by atoms with van der Waals surface area (Å²) >= 11 is 0. The monoisotopic (exact) mass is 363 g/mol. The molecule has 0 atom stereocenters. The zero-order valence-corrected chi connectivity index (χ0v) is 15.3. The summed E-state index contributed by atoms with van der Waals surface area (Å²) in [5.74, 6) is -0.319. The van der Waals surface area contributed by atoms with E-state index in [2.05, 4.69) is 20.7 Å². The first-order valence-electron chi connectivity index (χ1n) is 8.59. The summed E-state index contributed by atoms with van der Waals surface area (Å²) in [4.78, 5) is 28.2. The number of nitrogens with one attached hydrogen (secondary N) is 2. The number of amides is 2. The van der Waals surface area contributed by atoms with Gasteiger partial charge in [0.15, 0.2) is 0 Å². The summed E-state index contributed by atoms with van der Waals surface area (Å²) in [5.41, 5.74) is 3.80. The smallest absolute Gasteiger partial charge is 0.258 e. The highest BCUT2D eigenvalue weighted by Gasteiger charge is 2.10. The van der Waals surface area contributed by atoms with Crippen molar-refractivity contribution in [3.63, 3.8) is 0 Å². The van der Waals surface area contributed by atoms with Crippen molar-refractivity contribution in [3.8, 4) is 0 Å². The van der Waals surface area contributed by atoms with E-state index in [-0.39, 0.29) is 24.3 Å². The summed E-state index contributed by atoms with van der Waals surface area (Å²) in [6.45, 7) is 4.45. The SMILES string of the molecule is Cc1ccc(CNC(=O)Cn2cnc(NC(=O)c3ccc(C)cc3)n2)cc1. The molecular formula is C20H21N5O2. The number of hydrogen-bond acceptors (Lipinski definition) is 4. The molecule has 7 nitrogen and oxygen atoms in total. The quantitative estimate of drug-likeness (QED) is 0.704. The van der Waals surface area contributed by atoms with Crippen LogP contribution in [-0.2, 0) is 17.9 Å². The van der Waals surface area contributed by atoms with E-state index in [4.69, 9.17) is 0 Å². The van der Waals surface area contributed by atoms with Crippen LogP contribution in [0.4, 0.5) is 5.95 Å². The predicted octanol–water partition coefficient (Wildman–Crippen LogP) is 2.46. The van der Waals surface area contributed by atoms with Gasteiger partial charge in [0.05, 0.1) is 0 Å². The predicted molar refractivity (Wildman–Crippen MR) is 102 cm³/mol. The van der Waals surface area contributed by atoms with Crippen molar-refractivity contribution in [1.82, 2.24) is 20.1 Å². The molecule has 2 amide bonds. The van der Waals surface area contributed by atoms with Crippen LogP contribution in [0.1, 0.15) is 27.0 Å². The molecule has 0 saturated carbocycles. The highest BCUT2D eigenvalue weighted by molar-refractivity contribution is 6.03. The third-order valence-corrected chi connectivity index (χ3v) is 3.99. The molecule has 1 aromatic heterocycles. The van der Waals surface area contributed by atoms with E-state index < -0.39 is 0 Å². The Hall–Kier alpha value is -3.48. The molecule has 2 N–H and O–H groups in total. The van der Waals surface area contributed by atoms with Crippen LogP contribution in [0.3, 0.4) is 0 Å². The Bertz CT molecular complexity index is 930. The van der Waals surface area contributed by atoms with E-state index in [0.29, 0.717) is 12.1 Å². The number of benzene rings is 2. The van der Waals surface area contributed by atoms with Gasteiger partial charge in [0.25, 0.3) is 5.91 Å². The fraction of sp³-hybridized carbons (Fsp3) is 0.200. The average molecular weight is 363 g/mol. The lowest BCUT2D eigenvalue weighted by atomic mass is 10.1. The van der Waals surface area contributed by atoms with E-state index in [1.54, 1.807) is 12.1 Å². The minimum Gasteiger partial charge on any atom is -0.350 e. The van der Waals surface area contributed by atoms with Crippen LogP contribution < -0.4 is 10.6 Å². The van der Waals surface area contributed by atoms with Crippen LogP contribution in [0.5, 0.6) is 0 Å². The Morgan fingerprint density at radius 3 is 2.26 bits per heavy atom. The first-order chi connectivity index (χ1) is 13.0. The molecule has 1 heterocycles. The van der Waals surface area contributed by atoms with Crippen molar-refractivity contribution in [2.45, 2.75) is 26.9 Å². The molecule has 7 heteroatoms. The highest BCUT2D eigenvalue weighted by atomic mass is 16.2. The molecule has 0 aliphatic heterocycles. The first-order valence-corrected chi connectivity index (χ1v) is 8.59. The molecule has 0 spiro atoms. The maximum Gasteiger partial charge on any atom is 0.258 e. The van der Waals surface area contributed by atoms with Crippen LogP contribution in [0.15, 0.2) is 54.9 Å². The topological polar surface area (TPSA) is 88.9 Å². The number of aryl methyl sites for hydroxylation is 2. The second-order valence-electron chi connectivity index (χ2n) is 6.35. The lowest BCUT2D eigenvalue weighted by Crippen LogP contribution is -2.27. The van der Waals surface area contributed by atoms with Crippen LogP contribution in [0, 0.1) is 13.8 Å². The molecule has 0 bridgehead atoms. The number of hydrogen-bond donors (Lipinski definition) is 2. The zero-order valence-electron chi connectivity index (χ0n) is 15.3. The summed E-state index contributed by atoms with van der Waals surface area (Å²) in [6.07, 6.45) is 1.41. The standard InChI is InChI=1S/C20H21N5O2/c1-14-3-7-16(8-4-14)11-21-18(26)12-25-13-22-20(24-25)23-19(27)17-9-5-15(2)6-10-17/h3-10,13H,11-12H2,1-2H3,(H,21,26)(H,23,24,27). The number of anilines is 1. The molecule has 3 rings (SSSR count). The Kier molecular flexibility index (Phi) is 5.61. The van der Waals surface area contributed by atoms with E-state index >= 15 is 0 Å². The van der Waals surface area contributed by atoms with E-state index in [1.807, 2.05) is 50.2 Å². The molecule has 0 unspecified atom stereocenters. The van der Waals surface area contributed by atoms with Crippen LogP contribution >= 0.6 is 0 Å². The first kappa shape index (κ1) is 18.3. The van der Waals surface area contributed by atoms with Crippen molar-refractivity contribution in [2.75, 3.05) is 5.32 Å². The van der Waals surface area contributed by atoms with Crippen molar-refractivity contribution < 1.29 is 9.59 Å². The minimum absolute atomic E-state index is 0.0270. The molecule has 0 radical (unpaired) electrons. The third kappa shape index (κ3) is 5.24. The number of aromatic nitrogens is 3. The van der Waals surface area contributed by atoms with E-state index in [1.165, 1.54) is 16.6 Å². The third-order valence-electron chi connectivity index (χ3n) is 3.99. The summed E-state index contributed by atoms with van der Waals surface area (Å²) < 4.78 is 1.38. The Morgan fingerprint density at radius 2 is 1.59 bits per heavy atom. The van der Waals surface area contributed by atoms with Crippen molar-refractivity contribution in [1.29, 1.82) is 0 Å². The number of carbonyl (C=O) groups excluding carboxylic acids is 2. The van der Waals surface area contributed by atoms with Crippen LogP contribution in [0.25, 0.3) is 0 Å². The van der Waals surface area contributed by atoms with Gasteiger partial charge in [-0.3, -0.25) is 14.9 Å². The van der Waals surface area contributed by atoms with Crippen molar-refractivity contribution >= 4 is 17.8 Å². The fourth-order valence-corrected chi connectivity index (χ4v) is 2.42. The largest absolute Gasteiger partial charge is 0.350 e. The lowest BCUT2D eigenvalue weighted by Gasteiger charge is -2.05.